The first-order valence-electron chi connectivity index (χ1n) is 5.59. The summed E-state index contributed by atoms with van der Waals surface area (Å²) in [7, 11) is 0. The molecule has 0 saturated carbocycles. The summed E-state index contributed by atoms with van der Waals surface area (Å²) in [5, 5.41) is 13.6. The highest BCUT2D eigenvalue weighted by atomic mass is 19.4. The van der Waals surface area contributed by atoms with Crippen LogP contribution in [0, 0.1) is 10.1 Å². The third-order valence-corrected chi connectivity index (χ3v) is 2.65. The quantitative estimate of drug-likeness (QED) is 0.666. The number of hydrogen-bond donors (Lipinski definition) is 2. The van der Waals surface area contributed by atoms with Gasteiger partial charge in [0.05, 0.1) is 17.0 Å². The summed E-state index contributed by atoms with van der Waals surface area (Å²) in [4.78, 5) is 12.9. The van der Waals surface area contributed by atoms with Gasteiger partial charge in [-0.05, 0) is 24.3 Å². The molecule has 0 bridgehead atoms. The Labute approximate surface area is 111 Å². The van der Waals surface area contributed by atoms with Crippen LogP contribution in [0.25, 0.3) is 0 Å². The molecular weight excluding hydrogens is 275 g/mol. The lowest BCUT2D eigenvalue weighted by Gasteiger charge is -2.10. The molecule has 1 aromatic heterocycles. The van der Waals surface area contributed by atoms with Gasteiger partial charge in [-0.25, -0.2) is 0 Å². The second-order valence-electron chi connectivity index (χ2n) is 4.04. The van der Waals surface area contributed by atoms with Gasteiger partial charge >= 0.3 is 6.18 Å². The monoisotopic (exact) mass is 285 g/mol. The number of hydrogen-bond acceptors (Lipinski definition) is 3. The molecular formula is C12H10F3N3O2. The van der Waals surface area contributed by atoms with Crippen molar-refractivity contribution in [1.82, 2.24) is 4.98 Å². The SMILES string of the molecule is O=[N+]([O-])c1cc(C(F)(F)F)ccc1NCc1ccc[nH]1. The van der Waals surface area contributed by atoms with Crippen LogP contribution in [0.5, 0.6) is 0 Å². The van der Waals surface area contributed by atoms with E-state index in [4.69, 9.17) is 0 Å². The lowest BCUT2D eigenvalue weighted by Crippen LogP contribution is -2.08. The molecule has 2 aromatic rings. The highest BCUT2D eigenvalue weighted by molar-refractivity contribution is 5.63. The van der Waals surface area contributed by atoms with Crippen molar-refractivity contribution in [2.45, 2.75) is 12.7 Å². The normalized spacial score (nSPS) is 11.3. The van der Waals surface area contributed by atoms with E-state index in [1.807, 2.05) is 0 Å². The van der Waals surface area contributed by atoms with E-state index < -0.39 is 22.4 Å². The summed E-state index contributed by atoms with van der Waals surface area (Å²) in [6, 6.07) is 5.89. The number of nitro groups is 1. The number of anilines is 1. The average molecular weight is 285 g/mol. The van der Waals surface area contributed by atoms with E-state index in [2.05, 4.69) is 10.3 Å². The molecule has 1 heterocycles. The van der Waals surface area contributed by atoms with Gasteiger partial charge in [-0.1, -0.05) is 0 Å². The number of aromatic nitrogens is 1. The smallest absolute Gasteiger partial charge is 0.374 e. The van der Waals surface area contributed by atoms with E-state index in [9.17, 15) is 23.3 Å². The van der Waals surface area contributed by atoms with Crippen LogP contribution < -0.4 is 5.32 Å². The van der Waals surface area contributed by atoms with Gasteiger partial charge < -0.3 is 10.3 Å². The molecule has 0 amide bonds. The number of aromatic amines is 1. The molecule has 0 aliphatic carbocycles. The van der Waals surface area contributed by atoms with E-state index in [0.717, 1.165) is 17.8 Å². The predicted molar refractivity (Wildman–Crippen MR) is 66.2 cm³/mol. The third-order valence-electron chi connectivity index (χ3n) is 2.65. The Morgan fingerprint density at radius 2 is 2.05 bits per heavy atom. The molecule has 8 heteroatoms. The number of nitrogens with zero attached hydrogens (tertiary/aromatic N) is 1. The Hall–Kier alpha value is -2.51. The summed E-state index contributed by atoms with van der Waals surface area (Å²) in [5.74, 6) is 0. The Morgan fingerprint density at radius 3 is 2.60 bits per heavy atom. The van der Waals surface area contributed by atoms with Gasteiger partial charge in [0.15, 0.2) is 0 Å². The fourth-order valence-electron chi connectivity index (χ4n) is 1.68. The average Bonchev–Trinajstić information content (AvgIpc) is 2.88. The number of nitro benzene ring substituents is 1. The molecule has 0 aliphatic rings. The van der Waals surface area contributed by atoms with Gasteiger partial charge in [0, 0.05) is 18.0 Å². The number of nitrogens with one attached hydrogen (secondary N) is 2. The van der Waals surface area contributed by atoms with Crippen LogP contribution in [0.4, 0.5) is 24.5 Å². The molecule has 2 rings (SSSR count). The largest absolute Gasteiger partial charge is 0.416 e. The number of halogens is 3. The first-order valence-corrected chi connectivity index (χ1v) is 5.59. The van der Waals surface area contributed by atoms with Crippen molar-refractivity contribution in [3.63, 3.8) is 0 Å². The maximum Gasteiger partial charge on any atom is 0.416 e. The van der Waals surface area contributed by atoms with E-state index in [-0.39, 0.29) is 12.2 Å². The molecule has 0 aliphatic heterocycles. The minimum absolute atomic E-state index is 0.0394. The third kappa shape index (κ3) is 3.08. The van der Waals surface area contributed by atoms with Crippen LogP contribution in [-0.4, -0.2) is 9.91 Å². The first kappa shape index (κ1) is 13.9. The lowest BCUT2D eigenvalue weighted by atomic mass is 10.1. The minimum atomic E-state index is -4.61. The fourth-order valence-corrected chi connectivity index (χ4v) is 1.68. The first-order chi connectivity index (χ1) is 9.38. The van der Waals surface area contributed by atoms with Crippen molar-refractivity contribution in [1.29, 1.82) is 0 Å². The van der Waals surface area contributed by atoms with Gasteiger partial charge in [0.2, 0.25) is 0 Å². The number of alkyl halides is 3. The minimum Gasteiger partial charge on any atom is -0.374 e. The van der Waals surface area contributed by atoms with Crippen molar-refractivity contribution in [2.75, 3.05) is 5.32 Å². The summed E-state index contributed by atoms with van der Waals surface area (Å²) < 4.78 is 37.6. The number of benzene rings is 1. The van der Waals surface area contributed by atoms with Crippen molar-refractivity contribution in [3.8, 4) is 0 Å². The van der Waals surface area contributed by atoms with Gasteiger partial charge in [0.1, 0.15) is 5.69 Å². The van der Waals surface area contributed by atoms with Gasteiger partial charge in [-0.15, -0.1) is 0 Å². The zero-order chi connectivity index (χ0) is 14.8. The van der Waals surface area contributed by atoms with Crippen molar-refractivity contribution >= 4 is 11.4 Å². The van der Waals surface area contributed by atoms with Crippen molar-refractivity contribution in [3.05, 3.63) is 57.9 Å². The summed E-state index contributed by atoms with van der Waals surface area (Å²) >= 11 is 0. The van der Waals surface area contributed by atoms with Crippen molar-refractivity contribution < 1.29 is 18.1 Å². The Balaban J connectivity index is 2.26. The molecule has 106 valence electrons. The van der Waals surface area contributed by atoms with Crippen LogP contribution in [-0.2, 0) is 12.7 Å². The van der Waals surface area contributed by atoms with Crippen LogP contribution in [0.15, 0.2) is 36.5 Å². The number of H-pyrrole nitrogens is 1. The molecule has 0 unspecified atom stereocenters. The van der Waals surface area contributed by atoms with E-state index >= 15 is 0 Å². The molecule has 2 N–H and O–H groups in total. The standard InChI is InChI=1S/C12H10F3N3O2/c13-12(14,15)8-3-4-10(11(6-8)18(19)20)17-7-9-2-1-5-16-9/h1-6,16-17H,7H2. The summed E-state index contributed by atoms with van der Waals surface area (Å²) in [6.45, 7) is 0.249. The topological polar surface area (TPSA) is 71.0 Å². The lowest BCUT2D eigenvalue weighted by molar-refractivity contribution is -0.384. The highest BCUT2D eigenvalue weighted by Gasteiger charge is 2.32. The highest BCUT2D eigenvalue weighted by Crippen LogP contribution is 2.35. The van der Waals surface area contributed by atoms with Crippen LogP contribution >= 0.6 is 0 Å². The second kappa shape index (κ2) is 5.24. The predicted octanol–water partition coefficient (Wildman–Crippen LogP) is 3.55. The molecule has 0 fully saturated rings. The molecule has 0 radical (unpaired) electrons. The molecule has 0 spiro atoms. The van der Waals surface area contributed by atoms with E-state index in [1.54, 1.807) is 18.3 Å². The van der Waals surface area contributed by atoms with Gasteiger partial charge in [-0.2, -0.15) is 13.2 Å². The van der Waals surface area contributed by atoms with Crippen molar-refractivity contribution in [2.24, 2.45) is 0 Å². The zero-order valence-corrected chi connectivity index (χ0v) is 10.1. The van der Waals surface area contributed by atoms with Crippen LogP contribution in [0.3, 0.4) is 0 Å². The Morgan fingerprint density at radius 1 is 1.30 bits per heavy atom. The molecule has 0 atom stereocenters. The van der Waals surface area contributed by atoms with E-state index in [0.29, 0.717) is 6.07 Å². The number of rotatable bonds is 4. The Bertz CT molecular complexity index is 609. The van der Waals surface area contributed by atoms with Gasteiger partial charge in [-0.3, -0.25) is 10.1 Å². The van der Waals surface area contributed by atoms with Gasteiger partial charge in [0.25, 0.3) is 5.69 Å². The molecule has 0 saturated heterocycles. The summed E-state index contributed by atoms with van der Waals surface area (Å²) in [5.41, 5.74) is -0.849. The molecule has 1 aromatic carbocycles. The second-order valence-corrected chi connectivity index (χ2v) is 4.04. The maximum absolute atomic E-state index is 12.5. The van der Waals surface area contributed by atoms with Crippen LogP contribution in [0.2, 0.25) is 0 Å². The van der Waals surface area contributed by atoms with Crippen LogP contribution in [0.1, 0.15) is 11.3 Å². The molecule has 5 nitrogen and oxygen atoms in total. The maximum atomic E-state index is 12.5. The summed E-state index contributed by atoms with van der Waals surface area (Å²) in [6.07, 6.45) is -2.93. The molecule has 20 heavy (non-hydrogen) atoms. The fraction of sp³-hybridized carbons (Fsp3) is 0.167. The zero-order valence-electron chi connectivity index (χ0n) is 10.1. The Kier molecular flexibility index (Phi) is 3.64. The van der Waals surface area contributed by atoms with E-state index in [1.165, 1.54) is 0 Å².